The van der Waals surface area contributed by atoms with Crippen LogP contribution in [-0.2, 0) is 0 Å². The minimum Gasteiger partial charge on any atom is -0.497 e. The van der Waals surface area contributed by atoms with E-state index in [0.29, 0.717) is 0 Å². The first-order valence-electron chi connectivity index (χ1n) is 9.92. The van der Waals surface area contributed by atoms with E-state index in [-0.39, 0.29) is 0 Å². The third-order valence-electron chi connectivity index (χ3n) is 5.07. The smallest absolute Gasteiger partial charge is 0.118 e. The van der Waals surface area contributed by atoms with Crippen molar-refractivity contribution in [3.63, 3.8) is 0 Å². The SMILES string of the molecule is COc1ccc(/C=C/c2cc(/C=C/c3ccc(OC)cc3)c3ccccc3c2)cc1. The van der Waals surface area contributed by atoms with Crippen molar-refractivity contribution in [2.75, 3.05) is 14.2 Å². The van der Waals surface area contributed by atoms with Crippen LogP contribution in [0.1, 0.15) is 22.3 Å². The van der Waals surface area contributed by atoms with E-state index in [1.807, 2.05) is 24.3 Å². The molecule has 0 fully saturated rings. The molecule has 2 nitrogen and oxygen atoms in total. The van der Waals surface area contributed by atoms with Gasteiger partial charge in [-0.25, -0.2) is 0 Å². The number of hydrogen-bond acceptors (Lipinski definition) is 2. The maximum absolute atomic E-state index is 5.24. The molecule has 30 heavy (non-hydrogen) atoms. The molecule has 4 aromatic carbocycles. The Balaban J connectivity index is 1.66. The minimum absolute atomic E-state index is 0.864. The van der Waals surface area contributed by atoms with Gasteiger partial charge in [-0.2, -0.15) is 0 Å². The van der Waals surface area contributed by atoms with Gasteiger partial charge in [0.25, 0.3) is 0 Å². The van der Waals surface area contributed by atoms with E-state index in [1.165, 1.54) is 21.9 Å². The molecule has 0 aliphatic carbocycles. The molecule has 0 bridgehead atoms. The zero-order valence-electron chi connectivity index (χ0n) is 17.2. The van der Waals surface area contributed by atoms with Crippen molar-refractivity contribution in [1.82, 2.24) is 0 Å². The summed E-state index contributed by atoms with van der Waals surface area (Å²) >= 11 is 0. The molecule has 4 rings (SSSR count). The predicted octanol–water partition coefficient (Wildman–Crippen LogP) is 7.20. The van der Waals surface area contributed by atoms with Gasteiger partial charge in [-0.05, 0) is 69.4 Å². The van der Waals surface area contributed by atoms with Crippen LogP contribution in [0.4, 0.5) is 0 Å². The van der Waals surface area contributed by atoms with Gasteiger partial charge in [0.15, 0.2) is 0 Å². The zero-order valence-corrected chi connectivity index (χ0v) is 17.2. The van der Waals surface area contributed by atoms with Gasteiger partial charge in [-0.15, -0.1) is 0 Å². The lowest BCUT2D eigenvalue weighted by Crippen LogP contribution is -1.83. The summed E-state index contributed by atoms with van der Waals surface area (Å²) in [5.74, 6) is 1.73. The molecule has 4 aromatic rings. The summed E-state index contributed by atoms with van der Waals surface area (Å²) in [5, 5.41) is 2.47. The predicted molar refractivity (Wildman–Crippen MR) is 128 cm³/mol. The van der Waals surface area contributed by atoms with Gasteiger partial charge in [-0.3, -0.25) is 0 Å². The molecule has 148 valence electrons. The fourth-order valence-electron chi connectivity index (χ4n) is 3.41. The van der Waals surface area contributed by atoms with E-state index >= 15 is 0 Å². The maximum Gasteiger partial charge on any atom is 0.118 e. The first-order chi connectivity index (χ1) is 14.7. The van der Waals surface area contributed by atoms with Crippen molar-refractivity contribution in [1.29, 1.82) is 0 Å². The van der Waals surface area contributed by atoms with Crippen molar-refractivity contribution in [2.24, 2.45) is 0 Å². The molecule has 0 N–H and O–H groups in total. The standard InChI is InChI=1S/C28H24O2/c1-29-26-15-10-21(11-16-26)7-8-23-19-24-5-3-4-6-28(24)25(20-23)14-9-22-12-17-27(30-2)18-13-22/h3-20H,1-2H3/b8-7+,14-9+. The van der Waals surface area contributed by atoms with Gasteiger partial charge in [0.2, 0.25) is 0 Å². The largest absolute Gasteiger partial charge is 0.497 e. The van der Waals surface area contributed by atoms with Gasteiger partial charge >= 0.3 is 0 Å². The summed E-state index contributed by atoms with van der Waals surface area (Å²) in [5.41, 5.74) is 4.63. The first-order valence-corrected chi connectivity index (χ1v) is 9.92. The van der Waals surface area contributed by atoms with Crippen LogP contribution in [0.15, 0.2) is 84.9 Å². The lowest BCUT2D eigenvalue weighted by Gasteiger charge is -2.06. The Morgan fingerprint density at radius 3 is 1.67 bits per heavy atom. The topological polar surface area (TPSA) is 18.5 Å². The third-order valence-corrected chi connectivity index (χ3v) is 5.07. The van der Waals surface area contributed by atoms with Crippen LogP contribution < -0.4 is 9.47 Å². The van der Waals surface area contributed by atoms with E-state index in [4.69, 9.17) is 9.47 Å². The second-order valence-electron chi connectivity index (χ2n) is 7.04. The van der Waals surface area contributed by atoms with Crippen LogP contribution in [0, 0.1) is 0 Å². The summed E-state index contributed by atoms with van der Waals surface area (Å²) in [7, 11) is 3.36. The Morgan fingerprint density at radius 2 is 1.07 bits per heavy atom. The molecule has 0 amide bonds. The highest BCUT2D eigenvalue weighted by Gasteiger charge is 2.01. The second kappa shape index (κ2) is 9.15. The van der Waals surface area contributed by atoms with Gasteiger partial charge in [-0.1, -0.05) is 72.8 Å². The maximum atomic E-state index is 5.24. The lowest BCUT2D eigenvalue weighted by molar-refractivity contribution is 0.414. The fourth-order valence-corrected chi connectivity index (χ4v) is 3.41. The summed E-state index contributed by atoms with van der Waals surface area (Å²) in [6.07, 6.45) is 8.59. The molecular weight excluding hydrogens is 368 g/mol. The minimum atomic E-state index is 0.864. The van der Waals surface area contributed by atoms with E-state index in [1.54, 1.807) is 14.2 Å². The van der Waals surface area contributed by atoms with E-state index in [0.717, 1.165) is 22.6 Å². The van der Waals surface area contributed by atoms with Crippen molar-refractivity contribution in [3.8, 4) is 11.5 Å². The number of benzene rings is 4. The highest BCUT2D eigenvalue weighted by Crippen LogP contribution is 2.25. The summed E-state index contributed by atoms with van der Waals surface area (Å²) in [6.45, 7) is 0. The van der Waals surface area contributed by atoms with Crippen LogP contribution in [0.25, 0.3) is 35.1 Å². The van der Waals surface area contributed by atoms with Crippen LogP contribution in [-0.4, -0.2) is 14.2 Å². The Hall–Kier alpha value is -3.78. The van der Waals surface area contributed by atoms with Gasteiger partial charge < -0.3 is 9.47 Å². The molecule has 0 saturated carbocycles. The quantitative estimate of drug-likeness (QED) is 0.323. The van der Waals surface area contributed by atoms with Gasteiger partial charge in [0.1, 0.15) is 11.5 Å². The Labute approximate surface area is 177 Å². The Morgan fingerprint density at radius 1 is 0.533 bits per heavy atom. The third kappa shape index (κ3) is 4.61. The van der Waals surface area contributed by atoms with Crippen LogP contribution >= 0.6 is 0 Å². The summed E-state index contributed by atoms with van der Waals surface area (Å²) in [6, 6.07) is 29.1. The van der Waals surface area contributed by atoms with Crippen LogP contribution in [0.3, 0.4) is 0 Å². The molecule has 0 aromatic heterocycles. The Bertz CT molecular complexity index is 1180. The van der Waals surface area contributed by atoms with Crippen molar-refractivity contribution >= 4 is 35.1 Å². The average Bonchev–Trinajstić information content (AvgIpc) is 2.81. The molecule has 0 aliphatic rings. The normalized spacial score (nSPS) is 11.4. The number of rotatable bonds is 6. The lowest BCUT2D eigenvalue weighted by atomic mass is 9.99. The Kier molecular flexibility index (Phi) is 5.95. The van der Waals surface area contributed by atoms with E-state index in [2.05, 4.69) is 85.0 Å². The monoisotopic (exact) mass is 392 g/mol. The number of methoxy groups -OCH3 is 2. The van der Waals surface area contributed by atoms with Crippen LogP contribution in [0.2, 0.25) is 0 Å². The molecule has 0 unspecified atom stereocenters. The summed E-state index contributed by atoms with van der Waals surface area (Å²) in [4.78, 5) is 0. The fraction of sp³-hybridized carbons (Fsp3) is 0.0714. The molecule has 0 atom stereocenters. The highest BCUT2D eigenvalue weighted by atomic mass is 16.5. The van der Waals surface area contributed by atoms with Crippen molar-refractivity contribution in [2.45, 2.75) is 0 Å². The number of fused-ring (bicyclic) bond motifs is 1. The van der Waals surface area contributed by atoms with Crippen molar-refractivity contribution in [3.05, 3.63) is 107 Å². The van der Waals surface area contributed by atoms with E-state index < -0.39 is 0 Å². The molecule has 0 radical (unpaired) electrons. The highest BCUT2D eigenvalue weighted by molar-refractivity contribution is 5.95. The second-order valence-corrected chi connectivity index (χ2v) is 7.04. The molecule has 0 spiro atoms. The number of hydrogen-bond donors (Lipinski definition) is 0. The molecule has 0 saturated heterocycles. The van der Waals surface area contributed by atoms with Gasteiger partial charge in [0.05, 0.1) is 14.2 Å². The molecular formula is C28H24O2. The van der Waals surface area contributed by atoms with Gasteiger partial charge in [0, 0.05) is 0 Å². The molecule has 2 heteroatoms. The van der Waals surface area contributed by atoms with Crippen molar-refractivity contribution < 1.29 is 9.47 Å². The van der Waals surface area contributed by atoms with E-state index in [9.17, 15) is 0 Å². The number of ether oxygens (including phenoxy) is 2. The average molecular weight is 392 g/mol. The van der Waals surface area contributed by atoms with Crippen LogP contribution in [0.5, 0.6) is 11.5 Å². The zero-order chi connectivity index (χ0) is 20.8. The molecule has 0 aliphatic heterocycles. The summed E-state index contributed by atoms with van der Waals surface area (Å²) < 4.78 is 10.5. The molecule has 0 heterocycles. The first kappa shape index (κ1) is 19.5.